The number of nitrogens with one attached hydrogen (secondary N) is 1. The molecule has 8 nitrogen and oxygen atoms in total. The van der Waals surface area contributed by atoms with Gasteiger partial charge in [-0.2, -0.15) is 0 Å². The molecule has 0 aliphatic rings. The van der Waals surface area contributed by atoms with Crippen LogP contribution >= 0.6 is 11.6 Å². The van der Waals surface area contributed by atoms with E-state index in [0.717, 1.165) is 17.2 Å². The fourth-order valence-electron chi connectivity index (χ4n) is 2.90. The lowest BCUT2D eigenvalue weighted by atomic mass is 10.1. The molecule has 1 N–H and O–H groups in total. The maximum absolute atomic E-state index is 13.2. The first-order chi connectivity index (χ1) is 14.8. The highest BCUT2D eigenvalue weighted by atomic mass is 35.5. The number of methoxy groups -OCH3 is 3. The SMILES string of the molecule is COC(=O)c1cc(Cl)c(OC)c(S(=O)(=O)Nc2cc(-c3cccnc3)ccc2OC)c1. The van der Waals surface area contributed by atoms with Gasteiger partial charge in [0.25, 0.3) is 10.0 Å². The van der Waals surface area contributed by atoms with Crippen LogP contribution in [0.25, 0.3) is 11.1 Å². The van der Waals surface area contributed by atoms with Crippen molar-refractivity contribution in [2.24, 2.45) is 0 Å². The summed E-state index contributed by atoms with van der Waals surface area (Å²) in [6.45, 7) is 0. The molecule has 1 aromatic heterocycles. The summed E-state index contributed by atoms with van der Waals surface area (Å²) in [4.78, 5) is 15.7. The zero-order valence-corrected chi connectivity index (χ0v) is 18.5. The number of carbonyl (C=O) groups excluding carboxylic acids is 1. The number of pyridine rings is 1. The molecule has 0 unspecified atom stereocenters. The lowest BCUT2D eigenvalue weighted by Gasteiger charge is -2.16. The van der Waals surface area contributed by atoms with E-state index in [0.29, 0.717) is 5.75 Å². The third-order valence-corrected chi connectivity index (χ3v) is 6.01. The summed E-state index contributed by atoms with van der Waals surface area (Å²) in [5.74, 6) is -0.549. The normalized spacial score (nSPS) is 11.0. The van der Waals surface area contributed by atoms with Crippen LogP contribution in [0.4, 0.5) is 5.69 Å². The number of ether oxygens (including phenoxy) is 3. The number of sulfonamides is 1. The number of benzene rings is 2. The predicted octanol–water partition coefficient (Wildman–Crippen LogP) is 4.01. The number of aromatic nitrogens is 1. The second-order valence-electron chi connectivity index (χ2n) is 6.24. The molecule has 0 radical (unpaired) electrons. The molecule has 0 bridgehead atoms. The standard InChI is InChI=1S/C21H19ClN2O6S/c1-28-18-7-6-13(14-5-4-8-23-12-14)10-17(18)24-31(26,27)19-11-15(21(25)30-3)9-16(22)20(19)29-2/h4-12,24H,1-3H3. The van der Waals surface area contributed by atoms with Crippen LogP contribution in [0.2, 0.25) is 5.02 Å². The summed E-state index contributed by atoms with van der Waals surface area (Å²) in [5, 5.41) is -0.0538. The number of esters is 1. The monoisotopic (exact) mass is 462 g/mol. The van der Waals surface area contributed by atoms with Crippen molar-refractivity contribution in [2.75, 3.05) is 26.1 Å². The van der Waals surface area contributed by atoms with Crippen LogP contribution in [-0.2, 0) is 14.8 Å². The second-order valence-corrected chi connectivity index (χ2v) is 8.30. The summed E-state index contributed by atoms with van der Waals surface area (Å²) in [6.07, 6.45) is 3.30. The fraction of sp³-hybridized carbons (Fsp3) is 0.143. The van der Waals surface area contributed by atoms with E-state index >= 15 is 0 Å². The molecule has 0 aliphatic carbocycles. The van der Waals surface area contributed by atoms with Crippen molar-refractivity contribution in [3.63, 3.8) is 0 Å². The Balaban J connectivity index is 2.10. The van der Waals surface area contributed by atoms with E-state index in [4.69, 9.17) is 21.1 Å². The fourth-order valence-corrected chi connectivity index (χ4v) is 4.53. The van der Waals surface area contributed by atoms with Crippen molar-refractivity contribution in [1.29, 1.82) is 0 Å². The highest BCUT2D eigenvalue weighted by Gasteiger charge is 2.26. The van der Waals surface area contributed by atoms with E-state index in [9.17, 15) is 13.2 Å². The average Bonchev–Trinajstić information content (AvgIpc) is 2.78. The Morgan fingerprint density at radius 1 is 1.03 bits per heavy atom. The number of halogens is 1. The zero-order chi connectivity index (χ0) is 22.6. The number of carbonyl (C=O) groups is 1. The maximum atomic E-state index is 13.2. The number of hydrogen-bond acceptors (Lipinski definition) is 7. The van der Waals surface area contributed by atoms with Crippen LogP contribution < -0.4 is 14.2 Å². The molecule has 10 heteroatoms. The van der Waals surface area contributed by atoms with Crippen LogP contribution in [0, 0.1) is 0 Å². The van der Waals surface area contributed by atoms with Gasteiger partial charge >= 0.3 is 5.97 Å². The van der Waals surface area contributed by atoms with Gasteiger partial charge in [0.15, 0.2) is 5.75 Å². The molecule has 0 aliphatic heterocycles. The predicted molar refractivity (Wildman–Crippen MR) is 116 cm³/mol. The maximum Gasteiger partial charge on any atom is 0.337 e. The molecule has 162 valence electrons. The summed E-state index contributed by atoms with van der Waals surface area (Å²) in [7, 11) is -0.353. The zero-order valence-electron chi connectivity index (χ0n) is 16.9. The van der Waals surface area contributed by atoms with Crippen molar-refractivity contribution in [3.8, 4) is 22.6 Å². The third-order valence-electron chi connectivity index (χ3n) is 4.36. The summed E-state index contributed by atoms with van der Waals surface area (Å²) < 4.78 is 44.1. The van der Waals surface area contributed by atoms with Gasteiger partial charge in [0.1, 0.15) is 10.6 Å². The van der Waals surface area contributed by atoms with Crippen molar-refractivity contribution >= 4 is 33.3 Å². The summed E-state index contributed by atoms with van der Waals surface area (Å²) in [6, 6.07) is 11.1. The van der Waals surface area contributed by atoms with Crippen molar-refractivity contribution in [3.05, 3.63) is 65.4 Å². The van der Waals surface area contributed by atoms with Gasteiger partial charge in [0.2, 0.25) is 0 Å². The van der Waals surface area contributed by atoms with Crippen LogP contribution in [-0.4, -0.2) is 40.7 Å². The van der Waals surface area contributed by atoms with Crippen LogP contribution in [0.3, 0.4) is 0 Å². The average molecular weight is 463 g/mol. The van der Waals surface area contributed by atoms with E-state index in [1.54, 1.807) is 36.7 Å². The minimum atomic E-state index is -4.24. The Morgan fingerprint density at radius 3 is 2.42 bits per heavy atom. The first kappa shape index (κ1) is 22.4. The van der Waals surface area contributed by atoms with Crippen molar-refractivity contribution in [2.45, 2.75) is 4.90 Å². The van der Waals surface area contributed by atoms with Crippen molar-refractivity contribution in [1.82, 2.24) is 4.98 Å². The number of rotatable bonds is 7. The Hall–Kier alpha value is -3.30. The molecule has 1 heterocycles. The molecule has 3 rings (SSSR count). The minimum Gasteiger partial charge on any atom is -0.495 e. The van der Waals surface area contributed by atoms with E-state index in [-0.39, 0.29) is 26.9 Å². The van der Waals surface area contributed by atoms with Gasteiger partial charge in [0.05, 0.1) is 37.6 Å². The molecule has 0 atom stereocenters. The molecule has 2 aromatic carbocycles. The first-order valence-electron chi connectivity index (χ1n) is 8.87. The third kappa shape index (κ3) is 4.73. The number of anilines is 1. The summed E-state index contributed by atoms with van der Waals surface area (Å²) in [5.41, 5.74) is 1.66. The Kier molecular flexibility index (Phi) is 6.67. The van der Waals surface area contributed by atoms with Gasteiger partial charge in [-0.1, -0.05) is 23.7 Å². The smallest absolute Gasteiger partial charge is 0.337 e. The van der Waals surface area contributed by atoms with E-state index in [1.165, 1.54) is 27.4 Å². The Morgan fingerprint density at radius 2 is 1.81 bits per heavy atom. The highest BCUT2D eigenvalue weighted by molar-refractivity contribution is 7.92. The van der Waals surface area contributed by atoms with Gasteiger partial charge in [-0.15, -0.1) is 0 Å². The molecule has 0 fully saturated rings. The molecule has 0 saturated carbocycles. The lowest BCUT2D eigenvalue weighted by molar-refractivity contribution is 0.0600. The van der Waals surface area contributed by atoms with Gasteiger partial charge in [-0.25, -0.2) is 13.2 Å². The van der Waals surface area contributed by atoms with Gasteiger partial charge < -0.3 is 14.2 Å². The topological polar surface area (TPSA) is 104 Å². The second kappa shape index (κ2) is 9.23. The highest BCUT2D eigenvalue weighted by Crippen LogP contribution is 2.37. The largest absolute Gasteiger partial charge is 0.495 e. The van der Waals surface area contributed by atoms with Crippen LogP contribution in [0.5, 0.6) is 11.5 Å². The number of hydrogen-bond donors (Lipinski definition) is 1. The molecule has 3 aromatic rings. The molecule has 0 amide bonds. The quantitative estimate of drug-likeness (QED) is 0.529. The van der Waals surface area contributed by atoms with E-state index < -0.39 is 16.0 Å². The van der Waals surface area contributed by atoms with Crippen molar-refractivity contribution < 1.29 is 27.4 Å². The van der Waals surface area contributed by atoms with Gasteiger partial charge in [-0.3, -0.25) is 9.71 Å². The number of nitrogens with zero attached hydrogens (tertiary/aromatic N) is 1. The molecular weight excluding hydrogens is 444 g/mol. The van der Waals surface area contributed by atoms with Crippen LogP contribution in [0.1, 0.15) is 10.4 Å². The first-order valence-corrected chi connectivity index (χ1v) is 10.7. The Labute approximate surface area is 184 Å². The lowest BCUT2D eigenvalue weighted by Crippen LogP contribution is -2.16. The minimum absolute atomic E-state index is 0.0373. The van der Waals surface area contributed by atoms with Gasteiger partial charge in [0, 0.05) is 18.0 Å². The van der Waals surface area contributed by atoms with E-state index in [1.807, 2.05) is 6.07 Å². The molecular formula is C21H19ClN2O6S. The Bertz CT molecular complexity index is 1220. The molecule has 0 spiro atoms. The van der Waals surface area contributed by atoms with Crippen LogP contribution in [0.15, 0.2) is 59.8 Å². The molecule has 31 heavy (non-hydrogen) atoms. The summed E-state index contributed by atoms with van der Waals surface area (Å²) >= 11 is 6.15. The molecule has 0 saturated heterocycles. The van der Waals surface area contributed by atoms with E-state index in [2.05, 4.69) is 14.4 Å². The van der Waals surface area contributed by atoms with Gasteiger partial charge in [-0.05, 0) is 35.9 Å².